The van der Waals surface area contributed by atoms with Gasteiger partial charge >= 0.3 is 5.97 Å². The van der Waals surface area contributed by atoms with Crippen LogP contribution in [0.25, 0.3) is 0 Å². The van der Waals surface area contributed by atoms with Crippen LogP contribution in [0.15, 0.2) is 48.5 Å². The first-order valence-electron chi connectivity index (χ1n) is 10.4. The number of nitrogens with zero attached hydrogens (tertiary/aromatic N) is 1. The van der Waals surface area contributed by atoms with Gasteiger partial charge in [0.1, 0.15) is 5.76 Å². The fourth-order valence-corrected chi connectivity index (χ4v) is 6.35. The molecule has 6 rings (SSSR count). The minimum atomic E-state index is -0.380. The third kappa shape index (κ3) is 2.21. The summed E-state index contributed by atoms with van der Waals surface area (Å²) in [6, 6.07) is 7.69. The molecule has 5 heteroatoms. The van der Waals surface area contributed by atoms with Crippen LogP contribution in [0.3, 0.4) is 0 Å². The van der Waals surface area contributed by atoms with Crippen molar-refractivity contribution in [3.05, 3.63) is 65.2 Å². The van der Waals surface area contributed by atoms with E-state index in [2.05, 4.69) is 17.1 Å². The number of hydrogen-bond donors (Lipinski definition) is 0. The van der Waals surface area contributed by atoms with Crippen molar-refractivity contribution in [2.24, 2.45) is 11.8 Å². The van der Waals surface area contributed by atoms with Gasteiger partial charge in [-0.15, -0.1) is 0 Å². The molecule has 0 saturated heterocycles. The Balaban J connectivity index is 1.45. The number of benzene rings is 1. The zero-order chi connectivity index (χ0) is 19.6. The van der Waals surface area contributed by atoms with Gasteiger partial charge in [-0.2, -0.15) is 0 Å². The highest BCUT2D eigenvalue weighted by Gasteiger charge is 2.63. The van der Waals surface area contributed by atoms with Crippen molar-refractivity contribution in [1.82, 2.24) is 4.98 Å². The summed E-state index contributed by atoms with van der Waals surface area (Å²) < 4.78 is 18.1. The Bertz CT molecular complexity index is 1030. The molecule has 4 unspecified atom stereocenters. The number of rotatable bonds is 3. The SMILES string of the molecule is COc1ccc2c3c1OC1C(OC(=O)c4cccnc4)=CCC4C(CCCC314)C2. The lowest BCUT2D eigenvalue weighted by atomic mass is 9.49. The van der Waals surface area contributed by atoms with Gasteiger partial charge in [0.05, 0.1) is 12.7 Å². The van der Waals surface area contributed by atoms with Crippen molar-refractivity contribution in [2.75, 3.05) is 7.11 Å². The average Bonchev–Trinajstić information content (AvgIpc) is 3.09. The van der Waals surface area contributed by atoms with E-state index in [1.807, 2.05) is 6.07 Å². The van der Waals surface area contributed by atoms with Crippen LogP contribution in [0.5, 0.6) is 11.5 Å². The molecule has 2 bridgehead atoms. The van der Waals surface area contributed by atoms with Crippen molar-refractivity contribution >= 4 is 5.97 Å². The maximum absolute atomic E-state index is 12.7. The maximum Gasteiger partial charge on any atom is 0.344 e. The van der Waals surface area contributed by atoms with Crippen LogP contribution in [-0.4, -0.2) is 24.2 Å². The normalized spacial score (nSPS) is 30.7. The molecule has 1 fully saturated rings. The molecule has 4 atom stereocenters. The molecule has 29 heavy (non-hydrogen) atoms. The summed E-state index contributed by atoms with van der Waals surface area (Å²) in [6.07, 6.45) is 10.5. The summed E-state index contributed by atoms with van der Waals surface area (Å²) in [7, 11) is 1.68. The number of pyridine rings is 1. The van der Waals surface area contributed by atoms with E-state index < -0.39 is 0 Å². The lowest BCUT2D eigenvalue weighted by molar-refractivity contribution is -0.00135. The Morgan fingerprint density at radius 2 is 2.24 bits per heavy atom. The summed E-state index contributed by atoms with van der Waals surface area (Å²) in [4.78, 5) is 16.8. The number of carbonyl (C=O) groups is 1. The minimum Gasteiger partial charge on any atom is -0.493 e. The zero-order valence-corrected chi connectivity index (χ0v) is 16.4. The van der Waals surface area contributed by atoms with E-state index in [1.165, 1.54) is 30.2 Å². The van der Waals surface area contributed by atoms with Crippen LogP contribution in [0.4, 0.5) is 0 Å². The number of methoxy groups -OCH3 is 1. The fraction of sp³-hybridized carbons (Fsp3) is 0.417. The molecular weight excluding hydrogens is 366 g/mol. The molecule has 0 amide bonds. The monoisotopic (exact) mass is 389 g/mol. The number of ether oxygens (including phenoxy) is 3. The smallest absolute Gasteiger partial charge is 0.344 e. The first-order valence-corrected chi connectivity index (χ1v) is 10.4. The topological polar surface area (TPSA) is 57.7 Å². The van der Waals surface area contributed by atoms with E-state index >= 15 is 0 Å². The van der Waals surface area contributed by atoms with E-state index in [0.29, 0.717) is 23.2 Å². The molecule has 148 valence electrons. The zero-order valence-electron chi connectivity index (χ0n) is 16.4. The van der Waals surface area contributed by atoms with E-state index in [1.54, 1.807) is 25.4 Å². The highest BCUT2D eigenvalue weighted by molar-refractivity contribution is 5.89. The molecular formula is C24H23NO4. The number of carbonyl (C=O) groups excluding carboxylic acids is 1. The van der Waals surface area contributed by atoms with Gasteiger partial charge in [0, 0.05) is 23.4 Å². The first kappa shape index (κ1) is 17.1. The van der Waals surface area contributed by atoms with Gasteiger partial charge < -0.3 is 14.2 Å². The number of allylic oxidation sites excluding steroid dienone is 1. The van der Waals surface area contributed by atoms with Crippen LogP contribution >= 0.6 is 0 Å². The predicted octanol–water partition coefficient (Wildman–Crippen LogP) is 4.21. The summed E-state index contributed by atoms with van der Waals surface area (Å²) in [5, 5.41) is 0. The molecule has 0 N–H and O–H groups in total. The number of aromatic nitrogens is 1. The third-order valence-electron chi connectivity index (χ3n) is 7.41. The van der Waals surface area contributed by atoms with Gasteiger partial charge in [0.25, 0.3) is 0 Å². The molecule has 1 aromatic heterocycles. The molecule has 1 saturated carbocycles. The maximum atomic E-state index is 12.7. The Kier molecular flexibility index (Phi) is 3.58. The van der Waals surface area contributed by atoms with Gasteiger partial charge in [-0.05, 0) is 67.4 Å². The third-order valence-corrected chi connectivity index (χ3v) is 7.41. The molecule has 1 aliphatic heterocycles. The van der Waals surface area contributed by atoms with Crippen LogP contribution in [-0.2, 0) is 16.6 Å². The summed E-state index contributed by atoms with van der Waals surface area (Å²) in [5.74, 6) is 3.08. The summed E-state index contributed by atoms with van der Waals surface area (Å²) in [6.45, 7) is 0. The highest BCUT2D eigenvalue weighted by atomic mass is 16.6. The second-order valence-electron chi connectivity index (χ2n) is 8.61. The van der Waals surface area contributed by atoms with E-state index in [-0.39, 0.29) is 17.5 Å². The Hall–Kier alpha value is -2.82. The number of hydrogen-bond acceptors (Lipinski definition) is 5. The predicted molar refractivity (Wildman–Crippen MR) is 106 cm³/mol. The van der Waals surface area contributed by atoms with Crippen molar-refractivity contribution in [3.8, 4) is 11.5 Å². The largest absolute Gasteiger partial charge is 0.493 e. The first-order chi connectivity index (χ1) is 14.2. The summed E-state index contributed by atoms with van der Waals surface area (Å²) in [5.41, 5.74) is 3.03. The second kappa shape index (κ2) is 6.09. The van der Waals surface area contributed by atoms with Crippen LogP contribution in [0, 0.1) is 11.8 Å². The van der Waals surface area contributed by atoms with Gasteiger partial charge in [0.15, 0.2) is 17.6 Å². The molecule has 1 spiro atoms. The second-order valence-corrected chi connectivity index (χ2v) is 8.61. The number of esters is 1. The quantitative estimate of drug-likeness (QED) is 0.736. The Morgan fingerprint density at radius 1 is 1.31 bits per heavy atom. The van der Waals surface area contributed by atoms with E-state index in [4.69, 9.17) is 14.2 Å². The summed E-state index contributed by atoms with van der Waals surface area (Å²) >= 11 is 0. The van der Waals surface area contributed by atoms with Gasteiger partial charge in [-0.25, -0.2) is 4.79 Å². The van der Waals surface area contributed by atoms with Crippen molar-refractivity contribution < 1.29 is 19.0 Å². The van der Waals surface area contributed by atoms with Crippen molar-refractivity contribution in [3.63, 3.8) is 0 Å². The van der Waals surface area contributed by atoms with Crippen molar-refractivity contribution in [1.29, 1.82) is 0 Å². The lowest BCUT2D eigenvalue weighted by Gasteiger charge is -2.53. The van der Waals surface area contributed by atoms with Gasteiger partial charge in [-0.3, -0.25) is 4.98 Å². The standard InChI is InChI=1S/C24H23NO4/c1-27-18-8-6-15-12-14-4-2-10-24-17(14)7-9-19(22(24)29-21(18)20(15)24)28-23(26)16-5-3-11-25-13-16/h3,5-6,8-9,11,13-14,17,22H,2,4,7,10,12H2,1H3. The molecule has 5 nitrogen and oxygen atoms in total. The van der Waals surface area contributed by atoms with Crippen LogP contribution in [0.1, 0.15) is 47.2 Å². The molecule has 0 radical (unpaired) electrons. The molecule has 2 aromatic rings. The van der Waals surface area contributed by atoms with Gasteiger partial charge in [0.2, 0.25) is 0 Å². The van der Waals surface area contributed by atoms with Crippen LogP contribution in [0.2, 0.25) is 0 Å². The molecule has 4 aliphatic rings. The lowest BCUT2D eigenvalue weighted by Crippen LogP contribution is -2.55. The molecule has 3 aliphatic carbocycles. The minimum absolute atomic E-state index is 0.111. The van der Waals surface area contributed by atoms with E-state index in [0.717, 1.165) is 30.8 Å². The van der Waals surface area contributed by atoms with Crippen molar-refractivity contribution in [2.45, 2.75) is 43.6 Å². The molecule has 1 aromatic carbocycles. The van der Waals surface area contributed by atoms with E-state index in [9.17, 15) is 4.79 Å². The Labute approximate surface area is 169 Å². The Morgan fingerprint density at radius 3 is 3.07 bits per heavy atom. The highest BCUT2D eigenvalue weighted by Crippen LogP contribution is 2.65. The fourth-order valence-electron chi connectivity index (χ4n) is 6.35. The molecule has 2 heterocycles. The van der Waals surface area contributed by atoms with Gasteiger partial charge in [-0.1, -0.05) is 12.5 Å². The average molecular weight is 389 g/mol. The van der Waals surface area contributed by atoms with Crippen LogP contribution < -0.4 is 9.47 Å².